The smallest absolute Gasteiger partial charge is 0.190 e. The molecule has 8 nitrogen and oxygen atoms in total. The Kier molecular flexibility index (Phi) is 12.5. The van der Waals surface area contributed by atoms with E-state index in [2.05, 4.69) is 28.6 Å². The molecule has 1 aromatic carbocycles. The lowest BCUT2D eigenvalue weighted by Crippen LogP contribution is -2.54. The van der Waals surface area contributed by atoms with Gasteiger partial charge in [-0.2, -0.15) is 0 Å². The molecule has 1 aromatic heterocycles. The number of pyridine rings is 1. The molecular formula is C40H56N2O6. The summed E-state index contributed by atoms with van der Waals surface area (Å²) < 4.78 is 0. The van der Waals surface area contributed by atoms with Crippen LogP contribution in [-0.4, -0.2) is 67.3 Å². The van der Waals surface area contributed by atoms with Crippen molar-refractivity contribution in [3.05, 3.63) is 66.1 Å². The van der Waals surface area contributed by atoms with Crippen LogP contribution < -0.4 is 0 Å². The highest BCUT2D eigenvalue weighted by molar-refractivity contribution is 6.25. The molecule has 262 valence electrons. The van der Waals surface area contributed by atoms with Gasteiger partial charge in [0.15, 0.2) is 23.0 Å². The number of fused-ring (bicyclic) bond motifs is 4. The van der Waals surface area contributed by atoms with E-state index < -0.39 is 40.7 Å². The number of nitrogens with zero attached hydrogens (tertiary/aromatic N) is 2. The predicted molar refractivity (Wildman–Crippen MR) is 189 cm³/mol. The van der Waals surface area contributed by atoms with Gasteiger partial charge in [-0.25, -0.2) is 0 Å². The molecule has 0 amide bonds. The molecule has 7 atom stereocenters. The number of carbonyl (C=O) groups is 3. The van der Waals surface area contributed by atoms with Gasteiger partial charge in [-0.05, 0) is 79.5 Å². The van der Waals surface area contributed by atoms with Gasteiger partial charge in [-0.1, -0.05) is 72.2 Å². The third-order valence-electron chi connectivity index (χ3n) is 10.5. The fraction of sp³-hybridized carbons (Fsp3) is 0.600. The number of benzene rings is 1. The van der Waals surface area contributed by atoms with Crippen LogP contribution in [0.3, 0.4) is 0 Å². The normalized spacial score (nSPS) is 27.5. The van der Waals surface area contributed by atoms with Gasteiger partial charge < -0.3 is 15.3 Å². The number of aliphatic hydroxyl groups is 3. The van der Waals surface area contributed by atoms with E-state index in [1.54, 1.807) is 0 Å². The first-order valence-corrected chi connectivity index (χ1v) is 17.9. The summed E-state index contributed by atoms with van der Waals surface area (Å²) in [7, 11) is 0. The standard InChI is InChI=1S/C21H34O5.C19H22N2O/c1-12(2)7-9-15-19(24)18(16(22)11-14(5)6)20(25)21(15,26)17(23)10-8-13(3)4;1-2-13-12-21-10-8-14(13)11-18(21)19(22)16-7-9-20-17-6-4-3-5-15(16)17/h12-15,25-26H,7-11H2,1-6H3;2-7,9,13-14,18-19,22H,1,8,10-12H2/t15-,21+;13-,14-,18-,19+/m01/s1. The first kappa shape index (κ1) is 37.6. The number of ketones is 3. The number of allylic oxidation sites excluding steroid dienone is 1. The van der Waals surface area contributed by atoms with Crippen LogP contribution in [0.1, 0.15) is 98.2 Å². The summed E-state index contributed by atoms with van der Waals surface area (Å²) in [6.45, 7) is 17.7. The van der Waals surface area contributed by atoms with Crippen molar-refractivity contribution >= 4 is 28.3 Å². The van der Waals surface area contributed by atoms with Crippen molar-refractivity contribution in [2.75, 3.05) is 13.1 Å². The summed E-state index contributed by atoms with van der Waals surface area (Å²) in [6, 6.07) is 10.3. The lowest BCUT2D eigenvalue weighted by atomic mass is 9.73. The molecule has 0 spiro atoms. The molecule has 48 heavy (non-hydrogen) atoms. The Morgan fingerprint density at radius 1 is 1.06 bits per heavy atom. The van der Waals surface area contributed by atoms with Gasteiger partial charge in [0.1, 0.15) is 11.3 Å². The number of para-hydroxylation sites is 1. The molecule has 8 heteroatoms. The molecule has 0 saturated carbocycles. The zero-order valence-electron chi connectivity index (χ0n) is 29.7. The number of carbonyl (C=O) groups excluding carboxylic acids is 3. The van der Waals surface area contributed by atoms with Crippen LogP contribution in [0.4, 0.5) is 0 Å². The first-order valence-electron chi connectivity index (χ1n) is 17.9. The second-order valence-electron chi connectivity index (χ2n) is 15.4. The highest BCUT2D eigenvalue weighted by Crippen LogP contribution is 2.43. The van der Waals surface area contributed by atoms with Crippen molar-refractivity contribution in [3.8, 4) is 0 Å². The van der Waals surface area contributed by atoms with Crippen molar-refractivity contribution < 1.29 is 29.7 Å². The molecule has 4 aliphatic rings. The van der Waals surface area contributed by atoms with E-state index >= 15 is 0 Å². The van der Waals surface area contributed by atoms with E-state index in [1.165, 1.54) is 6.42 Å². The molecule has 2 bridgehead atoms. The van der Waals surface area contributed by atoms with Crippen LogP contribution in [0.2, 0.25) is 0 Å². The van der Waals surface area contributed by atoms with Crippen molar-refractivity contribution in [1.29, 1.82) is 0 Å². The number of aliphatic hydroxyl groups excluding tert-OH is 2. The van der Waals surface area contributed by atoms with Crippen LogP contribution in [0.25, 0.3) is 10.9 Å². The summed E-state index contributed by atoms with van der Waals surface area (Å²) in [5.41, 5.74) is -0.659. The minimum atomic E-state index is -2.26. The van der Waals surface area contributed by atoms with Crippen molar-refractivity contribution in [2.45, 2.75) is 104 Å². The second-order valence-corrected chi connectivity index (χ2v) is 15.4. The van der Waals surface area contributed by atoms with Crippen molar-refractivity contribution in [1.82, 2.24) is 9.88 Å². The van der Waals surface area contributed by atoms with Crippen molar-refractivity contribution in [2.24, 2.45) is 35.5 Å². The van der Waals surface area contributed by atoms with Gasteiger partial charge in [0.25, 0.3) is 0 Å². The minimum Gasteiger partial charge on any atom is -0.508 e. The van der Waals surface area contributed by atoms with E-state index in [0.717, 1.165) is 36.0 Å². The second kappa shape index (κ2) is 16.0. The van der Waals surface area contributed by atoms with Gasteiger partial charge >= 0.3 is 0 Å². The Bertz CT molecular complexity index is 1510. The SMILES string of the molecule is C=C[C@@H]1CN2CC[C@@H]1C[C@@H]2[C@@H](O)c1ccnc2ccccc12.CC(C)CCC(=O)[C@@]1(O)C(O)=C(C(=O)CC(C)C)C(=O)[C@@H]1CCC(C)C. The zero-order chi connectivity index (χ0) is 35.3. The Morgan fingerprint density at radius 3 is 2.35 bits per heavy atom. The number of rotatable bonds is 13. The van der Waals surface area contributed by atoms with Gasteiger partial charge in [-0.15, -0.1) is 6.58 Å². The molecule has 3 saturated heterocycles. The Labute approximate surface area is 286 Å². The number of hydrogen-bond donors (Lipinski definition) is 3. The average molecular weight is 661 g/mol. The maximum atomic E-state index is 12.9. The molecular weight excluding hydrogens is 604 g/mol. The van der Waals surface area contributed by atoms with Gasteiger partial charge in [-0.3, -0.25) is 24.3 Å². The largest absolute Gasteiger partial charge is 0.508 e. The summed E-state index contributed by atoms with van der Waals surface area (Å²) >= 11 is 0. The fourth-order valence-corrected chi connectivity index (χ4v) is 7.64. The van der Waals surface area contributed by atoms with E-state index in [4.69, 9.17) is 0 Å². The minimum absolute atomic E-state index is 0.00931. The highest BCUT2D eigenvalue weighted by Gasteiger charge is 2.58. The average Bonchev–Trinajstić information content (AvgIpc) is 3.26. The maximum absolute atomic E-state index is 12.9. The van der Waals surface area contributed by atoms with Crippen LogP contribution in [0.15, 0.2) is 60.5 Å². The summed E-state index contributed by atoms with van der Waals surface area (Å²) in [6.07, 6.45) is 7.36. The van der Waals surface area contributed by atoms with E-state index in [9.17, 15) is 29.7 Å². The third kappa shape index (κ3) is 7.98. The topological polar surface area (TPSA) is 128 Å². The lowest BCUT2D eigenvalue weighted by molar-refractivity contribution is -0.145. The molecule has 3 fully saturated rings. The molecule has 3 aliphatic heterocycles. The van der Waals surface area contributed by atoms with Crippen LogP contribution in [0.5, 0.6) is 0 Å². The predicted octanol–water partition coefficient (Wildman–Crippen LogP) is 6.95. The number of Topliss-reactive ketones (excluding diaryl/α,β-unsaturated/α-hetero) is 3. The molecule has 6 rings (SSSR count). The van der Waals surface area contributed by atoms with Gasteiger partial charge in [0.2, 0.25) is 0 Å². The number of aromatic nitrogens is 1. The molecule has 2 aromatic rings. The van der Waals surface area contributed by atoms with Gasteiger partial charge in [0, 0.05) is 37.0 Å². The Balaban J connectivity index is 0.000000219. The quantitative estimate of drug-likeness (QED) is 0.156. The van der Waals surface area contributed by atoms with E-state index in [1.807, 2.05) is 72.0 Å². The highest BCUT2D eigenvalue weighted by atomic mass is 16.3. The van der Waals surface area contributed by atoms with Crippen LogP contribution >= 0.6 is 0 Å². The first-order chi connectivity index (χ1) is 22.7. The van der Waals surface area contributed by atoms with Crippen LogP contribution in [0, 0.1) is 35.5 Å². The maximum Gasteiger partial charge on any atom is 0.190 e. The summed E-state index contributed by atoms with van der Waals surface area (Å²) in [5, 5.41) is 33.8. The number of hydrogen-bond acceptors (Lipinski definition) is 8. The monoisotopic (exact) mass is 660 g/mol. The summed E-state index contributed by atoms with van der Waals surface area (Å²) in [4.78, 5) is 45.0. The van der Waals surface area contributed by atoms with Gasteiger partial charge in [0.05, 0.1) is 17.5 Å². The molecule has 0 radical (unpaired) electrons. The third-order valence-corrected chi connectivity index (χ3v) is 10.5. The molecule has 1 aliphatic carbocycles. The number of piperidine rings is 3. The fourth-order valence-electron chi connectivity index (χ4n) is 7.64. The molecule has 4 heterocycles. The molecule has 1 unspecified atom stereocenters. The Morgan fingerprint density at radius 2 is 1.75 bits per heavy atom. The summed E-state index contributed by atoms with van der Waals surface area (Å²) in [5.74, 6) is -1.66. The van der Waals surface area contributed by atoms with E-state index in [0.29, 0.717) is 24.7 Å². The lowest BCUT2D eigenvalue weighted by Gasteiger charge is -2.50. The van der Waals surface area contributed by atoms with Crippen molar-refractivity contribution in [3.63, 3.8) is 0 Å². The zero-order valence-corrected chi connectivity index (χ0v) is 29.7. The Hall–Kier alpha value is -3.20. The van der Waals surface area contributed by atoms with Crippen LogP contribution in [-0.2, 0) is 14.4 Å². The van der Waals surface area contributed by atoms with E-state index in [-0.39, 0.29) is 48.6 Å². The molecule has 3 N–H and O–H groups in total.